The third-order valence-corrected chi connectivity index (χ3v) is 3.81. The van der Waals surface area contributed by atoms with Crippen LogP contribution in [0.1, 0.15) is 18.5 Å². The molecule has 1 saturated heterocycles. The molecule has 1 unspecified atom stereocenters. The molecular formula is C16H23N3O. The lowest BCUT2D eigenvalue weighted by Gasteiger charge is -2.26. The quantitative estimate of drug-likeness (QED) is 0.795. The molecule has 2 rings (SSSR count). The number of benzene rings is 1. The van der Waals surface area contributed by atoms with Gasteiger partial charge in [0, 0.05) is 25.2 Å². The second-order valence-electron chi connectivity index (χ2n) is 5.43. The highest BCUT2D eigenvalue weighted by Crippen LogP contribution is 2.17. The van der Waals surface area contributed by atoms with Crippen LogP contribution in [0.2, 0.25) is 0 Å². The van der Waals surface area contributed by atoms with Gasteiger partial charge in [0.1, 0.15) is 0 Å². The molecule has 1 amide bonds. The van der Waals surface area contributed by atoms with E-state index >= 15 is 0 Å². The standard InChI is InChI=1S/C16H23N3O/c1-12(14-9-17-10-14)16(20)18-11-15(19(2)3)13-7-5-4-6-8-13/h4-8,15,17H,9-11H2,1-3H3,(H,18,20). The van der Waals surface area contributed by atoms with Crippen LogP contribution in [0.15, 0.2) is 41.5 Å². The Morgan fingerprint density at radius 2 is 1.95 bits per heavy atom. The number of nitrogens with zero attached hydrogens (tertiary/aromatic N) is 1. The summed E-state index contributed by atoms with van der Waals surface area (Å²) in [6.07, 6.45) is 0. The maximum Gasteiger partial charge on any atom is 0.247 e. The van der Waals surface area contributed by atoms with Gasteiger partial charge < -0.3 is 15.5 Å². The SMILES string of the molecule is CC(C(=O)NCC(c1ccccc1)N(C)C)=C1CNC1. The van der Waals surface area contributed by atoms with E-state index in [-0.39, 0.29) is 11.9 Å². The summed E-state index contributed by atoms with van der Waals surface area (Å²) in [6, 6.07) is 10.4. The van der Waals surface area contributed by atoms with Gasteiger partial charge in [0.2, 0.25) is 5.91 Å². The average Bonchev–Trinajstić information content (AvgIpc) is 2.37. The van der Waals surface area contributed by atoms with Crippen LogP contribution in [0.25, 0.3) is 0 Å². The number of hydrogen-bond donors (Lipinski definition) is 2. The van der Waals surface area contributed by atoms with Crippen LogP contribution in [0.5, 0.6) is 0 Å². The fourth-order valence-corrected chi connectivity index (χ4v) is 2.27. The summed E-state index contributed by atoms with van der Waals surface area (Å²) in [4.78, 5) is 14.2. The number of nitrogens with one attached hydrogen (secondary N) is 2. The topological polar surface area (TPSA) is 44.4 Å². The molecule has 1 fully saturated rings. The Labute approximate surface area is 120 Å². The van der Waals surface area contributed by atoms with Crippen molar-refractivity contribution in [1.29, 1.82) is 0 Å². The van der Waals surface area contributed by atoms with Gasteiger partial charge in [-0.05, 0) is 32.2 Å². The van der Waals surface area contributed by atoms with Gasteiger partial charge in [-0.1, -0.05) is 30.3 Å². The van der Waals surface area contributed by atoms with Crippen molar-refractivity contribution in [3.63, 3.8) is 0 Å². The second-order valence-corrected chi connectivity index (χ2v) is 5.43. The van der Waals surface area contributed by atoms with Gasteiger partial charge in [-0.25, -0.2) is 0 Å². The van der Waals surface area contributed by atoms with Crippen LogP contribution in [0.4, 0.5) is 0 Å². The smallest absolute Gasteiger partial charge is 0.247 e. The Hall–Kier alpha value is -1.65. The summed E-state index contributed by atoms with van der Waals surface area (Å²) in [5, 5.41) is 6.21. The van der Waals surface area contributed by atoms with Crippen molar-refractivity contribution in [3.05, 3.63) is 47.0 Å². The lowest BCUT2D eigenvalue weighted by molar-refractivity contribution is -0.117. The molecule has 0 aliphatic carbocycles. The Kier molecular flexibility index (Phi) is 4.93. The maximum atomic E-state index is 12.1. The molecule has 20 heavy (non-hydrogen) atoms. The highest BCUT2D eigenvalue weighted by Gasteiger charge is 2.18. The highest BCUT2D eigenvalue weighted by atomic mass is 16.1. The van der Waals surface area contributed by atoms with Gasteiger partial charge in [-0.3, -0.25) is 4.79 Å². The first-order valence-corrected chi connectivity index (χ1v) is 6.98. The Morgan fingerprint density at radius 3 is 2.45 bits per heavy atom. The molecular weight excluding hydrogens is 250 g/mol. The second kappa shape index (κ2) is 6.68. The minimum atomic E-state index is 0.0456. The van der Waals surface area contributed by atoms with Crippen LogP contribution in [-0.4, -0.2) is 44.5 Å². The molecule has 0 saturated carbocycles. The van der Waals surface area contributed by atoms with Crippen molar-refractivity contribution in [3.8, 4) is 0 Å². The van der Waals surface area contributed by atoms with Crippen LogP contribution < -0.4 is 10.6 Å². The van der Waals surface area contributed by atoms with E-state index in [9.17, 15) is 4.79 Å². The number of rotatable bonds is 5. The van der Waals surface area contributed by atoms with Crippen LogP contribution in [-0.2, 0) is 4.79 Å². The van der Waals surface area contributed by atoms with E-state index in [0.717, 1.165) is 18.7 Å². The molecule has 1 atom stereocenters. The molecule has 0 bridgehead atoms. The largest absolute Gasteiger partial charge is 0.350 e. The van der Waals surface area contributed by atoms with Crippen molar-refractivity contribution >= 4 is 5.91 Å². The van der Waals surface area contributed by atoms with Crippen molar-refractivity contribution in [2.24, 2.45) is 0 Å². The minimum absolute atomic E-state index is 0.0456. The molecule has 1 aromatic rings. The van der Waals surface area contributed by atoms with E-state index in [1.165, 1.54) is 11.1 Å². The van der Waals surface area contributed by atoms with Crippen molar-refractivity contribution in [1.82, 2.24) is 15.5 Å². The molecule has 0 aromatic heterocycles. The predicted molar refractivity (Wildman–Crippen MR) is 81.4 cm³/mol. The van der Waals surface area contributed by atoms with Crippen molar-refractivity contribution in [2.75, 3.05) is 33.7 Å². The molecule has 1 heterocycles. The first-order chi connectivity index (χ1) is 9.59. The number of carbonyl (C=O) groups excluding carboxylic acids is 1. The predicted octanol–water partition coefficient (Wildman–Crippen LogP) is 1.33. The molecule has 1 aliphatic heterocycles. The van der Waals surface area contributed by atoms with Crippen LogP contribution in [0.3, 0.4) is 0 Å². The highest BCUT2D eigenvalue weighted by molar-refractivity contribution is 5.94. The molecule has 108 valence electrons. The van der Waals surface area contributed by atoms with Crippen molar-refractivity contribution in [2.45, 2.75) is 13.0 Å². The lowest BCUT2D eigenvalue weighted by Crippen LogP contribution is -2.39. The van der Waals surface area contributed by atoms with Crippen LogP contribution >= 0.6 is 0 Å². The minimum Gasteiger partial charge on any atom is -0.350 e. The first kappa shape index (κ1) is 14.8. The Bertz CT molecular complexity index is 488. The summed E-state index contributed by atoms with van der Waals surface area (Å²) in [7, 11) is 4.07. The molecule has 1 aliphatic rings. The van der Waals surface area contributed by atoms with Gasteiger partial charge in [-0.2, -0.15) is 0 Å². The molecule has 4 nitrogen and oxygen atoms in total. The third-order valence-electron chi connectivity index (χ3n) is 3.81. The van der Waals surface area contributed by atoms with E-state index in [0.29, 0.717) is 6.54 Å². The third kappa shape index (κ3) is 3.46. The zero-order chi connectivity index (χ0) is 14.5. The normalized spacial score (nSPS) is 15.7. The zero-order valence-corrected chi connectivity index (χ0v) is 12.4. The lowest BCUT2D eigenvalue weighted by atomic mass is 10.0. The molecule has 0 spiro atoms. The van der Waals surface area contributed by atoms with E-state index in [4.69, 9.17) is 0 Å². The fourth-order valence-electron chi connectivity index (χ4n) is 2.27. The van der Waals surface area contributed by atoms with Crippen LogP contribution in [0, 0.1) is 0 Å². The number of hydrogen-bond acceptors (Lipinski definition) is 3. The number of carbonyl (C=O) groups is 1. The Morgan fingerprint density at radius 1 is 1.30 bits per heavy atom. The average molecular weight is 273 g/mol. The summed E-state index contributed by atoms with van der Waals surface area (Å²) in [5.41, 5.74) is 3.28. The van der Waals surface area contributed by atoms with E-state index < -0.39 is 0 Å². The molecule has 2 N–H and O–H groups in total. The van der Waals surface area contributed by atoms with Gasteiger partial charge in [0.15, 0.2) is 0 Å². The zero-order valence-electron chi connectivity index (χ0n) is 12.4. The summed E-state index contributed by atoms with van der Waals surface area (Å²) in [5.74, 6) is 0.0456. The van der Waals surface area contributed by atoms with E-state index in [1.54, 1.807) is 0 Å². The monoisotopic (exact) mass is 273 g/mol. The van der Waals surface area contributed by atoms with Gasteiger partial charge in [-0.15, -0.1) is 0 Å². The van der Waals surface area contributed by atoms with Gasteiger partial charge in [0.25, 0.3) is 0 Å². The first-order valence-electron chi connectivity index (χ1n) is 6.98. The summed E-state index contributed by atoms with van der Waals surface area (Å²) in [6.45, 7) is 4.21. The van der Waals surface area contributed by atoms with E-state index in [2.05, 4.69) is 27.7 Å². The number of amides is 1. The summed E-state index contributed by atoms with van der Waals surface area (Å²) >= 11 is 0. The molecule has 4 heteroatoms. The van der Waals surface area contributed by atoms with Crippen molar-refractivity contribution < 1.29 is 4.79 Å². The Balaban J connectivity index is 1.98. The van der Waals surface area contributed by atoms with Gasteiger partial charge >= 0.3 is 0 Å². The number of likely N-dealkylation sites (N-methyl/N-ethyl adjacent to an activating group) is 1. The maximum absolute atomic E-state index is 12.1. The molecule has 0 radical (unpaired) electrons. The summed E-state index contributed by atoms with van der Waals surface area (Å²) < 4.78 is 0. The van der Waals surface area contributed by atoms with E-state index in [1.807, 2.05) is 39.2 Å². The fraction of sp³-hybridized carbons (Fsp3) is 0.438. The molecule has 1 aromatic carbocycles. The van der Waals surface area contributed by atoms with Gasteiger partial charge in [0.05, 0.1) is 6.04 Å².